The highest BCUT2D eigenvalue weighted by Gasteiger charge is 2.58. The smallest absolute Gasteiger partial charge is 0.240 e. The van der Waals surface area contributed by atoms with E-state index in [1.54, 1.807) is 0 Å². The molecule has 0 bridgehead atoms. The summed E-state index contributed by atoms with van der Waals surface area (Å²) >= 11 is 0. The van der Waals surface area contributed by atoms with Gasteiger partial charge in [0, 0.05) is 11.8 Å². The predicted octanol–water partition coefficient (Wildman–Crippen LogP) is 4.54. The van der Waals surface area contributed by atoms with Crippen LogP contribution in [0.5, 0.6) is 5.75 Å². The van der Waals surface area contributed by atoms with Gasteiger partial charge in [0.1, 0.15) is 5.75 Å². The number of aromatic nitrogens is 4. The van der Waals surface area contributed by atoms with E-state index in [1.165, 1.54) is 11.1 Å². The Bertz CT molecular complexity index is 1060. The summed E-state index contributed by atoms with van der Waals surface area (Å²) < 4.78 is 17.2. The molecule has 1 aliphatic carbocycles. The van der Waals surface area contributed by atoms with Gasteiger partial charge in [0.05, 0.1) is 6.54 Å². The summed E-state index contributed by atoms with van der Waals surface area (Å²) in [5.41, 5.74) is 2.68. The van der Waals surface area contributed by atoms with E-state index in [4.69, 9.17) is 13.7 Å². The van der Waals surface area contributed by atoms with Gasteiger partial charge in [0.2, 0.25) is 23.5 Å². The van der Waals surface area contributed by atoms with Crippen molar-refractivity contribution in [3.8, 4) is 5.75 Å². The molecule has 32 heavy (non-hydrogen) atoms. The molecule has 2 aromatic heterocycles. The van der Waals surface area contributed by atoms with Gasteiger partial charge in [0.25, 0.3) is 0 Å². The summed E-state index contributed by atoms with van der Waals surface area (Å²) in [5, 5.41) is 12.6. The van der Waals surface area contributed by atoms with Gasteiger partial charge >= 0.3 is 0 Å². The first-order chi connectivity index (χ1) is 15.4. The maximum Gasteiger partial charge on any atom is 0.240 e. The van der Waals surface area contributed by atoms with Crippen molar-refractivity contribution >= 4 is 0 Å². The quantitative estimate of drug-likeness (QED) is 0.532. The van der Waals surface area contributed by atoms with Crippen LogP contribution in [0.4, 0.5) is 0 Å². The third-order valence-corrected chi connectivity index (χ3v) is 6.72. The topological polar surface area (TPSA) is 90.3 Å². The molecule has 8 nitrogen and oxygen atoms in total. The van der Waals surface area contributed by atoms with Crippen LogP contribution in [0.3, 0.4) is 0 Å². The second-order valence-corrected chi connectivity index (χ2v) is 9.74. The highest BCUT2D eigenvalue weighted by atomic mass is 16.5. The molecule has 2 fully saturated rings. The van der Waals surface area contributed by atoms with E-state index in [0.717, 1.165) is 49.9 Å². The molecule has 170 valence electrons. The summed E-state index contributed by atoms with van der Waals surface area (Å²) in [7, 11) is 0. The lowest BCUT2D eigenvalue weighted by Crippen LogP contribution is -2.34. The molecule has 1 saturated heterocycles. The molecule has 1 aromatic carbocycles. The molecule has 0 radical (unpaired) electrons. The number of piperidine rings is 1. The molecule has 3 aromatic rings. The predicted molar refractivity (Wildman–Crippen MR) is 117 cm³/mol. The Morgan fingerprint density at radius 1 is 1.12 bits per heavy atom. The van der Waals surface area contributed by atoms with Crippen LogP contribution >= 0.6 is 0 Å². The van der Waals surface area contributed by atoms with E-state index in [-0.39, 0.29) is 5.92 Å². The zero-order valence-electron chi connectivity index (χ0n) is 19.3. The first-order valence-electron chi connectivity index (χ1n) is 11.5. The first kappa shape index (κ1) is 21.1. The van der Waals surface area contributed by atoms with E-state index in [1.807, 2.05) is 12.1 Å². The van der Waals surface area contributed by atoms with Crippen LogP contribution in [0.2, 0.25) is 0 Å². The SMILES string of the molecule is Cc1cc(C)cc(OCc2noc(CN3CCC4(CC3)CC4c3nnc(C(C)C)o3)n2)c1. The minimum atomic E-state index is 0.276. The van der Waals surface area contributed by atoms with Gasteiger partial charge < -0.3 is 13.7 Å². The van der Waals surface area contributed by atoms with Crippen LogP contribution in [-0.2, 0) is 13.2 Å². The van der Waals surface area contributed by atoms with Crippen molar-refractivity contribution in [1.29, 1.82) is 0 Å². The summed E-state index contributed by atoms with van der Waals surface area (Å²) in [5.74, 6) is 4.31. The second-order valence-electron chi connectivity index (χ2n) is 9.74. The van der Waals surface area contributed by atoms with Crippen molar-refractivity contribution < 1.29 is 13.7 Å². The molecular weight excluding hydrogens is 406 g/mol. The fourth-order valence-corrected chi connectivity index (χ4v) is 4.79. The Hall–Kier alpha value is -2.74. The van der Waals surface area contributed by atoms with Crippen molar-refractivity contribution in [2.24, 2.45) is 5.41 Å². The number of hydrogen-bond donors (Lipinski definition) is 0. The Kier molecular flexibility index (Phi) is 5.49. The highest BCUT2D eigenvalue weighted by Crippen LogP contribution is 2.64. The van der Waals surface area contributed by atoms with Crippen LogP contribution in [0.15, 0.2) is 27.1 Å². The lowest BCUT2D eigenvalue weighted by atomic mass is 9.91. The fraction of sp³-hybridized carbons (Fsp3) is 0.583. The van der Waals surface area contributed by atoms with Gasteiger partial charge in [-0.15, -0.1) is 10.2 Å². The van der Waals surface area contributed by atoms with E-state index < -0.39 is 0 Å². The third-order valence-electron chi connectivity index (χ3n) is 6.72. The Labute approximate surface area is 188 Å². The molecular formula is C24H31N5O3. The van der Waals surface area contributed by atoms with Crippen LogP contribution in [0.25, 0.3) is 0 Å². The molecule has 5 rings (SSSR count). The first-order valence-corrected chi connectivity index (χ1v) is 11.5. The maximum absolute atomic E-state index is 5.91. The van der Waals surface area contributed by atoms with Gasteiger partial charge in [-0.2, -0.15) is 4.98 Å². The molecule has 1 unspecified atom stereocenters. The molecule has 1 atom stereocenters. The lowest BCUT2D eigenvalue weighted by Gasteiger charge is -2.31. The number of rotatable bonds is 7. The normalized spacial score (nSPS) is 20.2. The fourth-order valence-electron chi connectivity index (χ4n) is 4.79. The van der Waals surface area contributed by atoms with Gasteiger partial charge in [-0.25, -0.2) is 0 Å². The maximum atomic E-state index is 5.91. The van der Waals surface area contributed by atoms with E-state index in [2.05, 4.69) is 59.0 Å². The van der Waals surface area contributed by atoms with E-state index >= 15 is 0 Å². The number of nitrogens with zero attached hydrogens (tertiary/aromatic N) is 5. The van der Waals surface area contributed by atoms with Crippen molar-refractivity contribution in [1.82, 2.24) is 25.2 Å². The van der Waals surface area contributed by atoms with Gasteiger partial charge in [-0.05, 0) is 74.9 Å². The summed E-state index contributed by atoms with van der Waals surface area (Å²) in [4.78, 5) is 6.91. The van der Waals surface area contributed by atoms with Crippen molar-refractivity contribution in [3.63, 3.8) is 0 Å². The standard InChI is InChI=1S/C24H31N5O3/c1-15(2)22-26-27-23(31-22)19-12-24(19)5-7-29(8-6-24)13-21-25-20(28-32-21)14-30-18-10-16(3)9-17(4)11-18/h9-11,15,19H,5-8,12-14H2,1-4H3. The highest BCUT2D eigenvalue weighted by molar-refractivity contribution is 5.33. The minimum absolute atomic E-state index is 0.276. The number of benzene rings is 1. The summed E-state index contributed by atoms with van der Waals surface area (Å²) in [6, 6.07) is 6.15. The molecule has 2 aliphatic rings. The number of ether oxygens (including phenoxy) is 1. The van der Waals surface area contributed by atoms with E-state index in [9.17, 15) is 0 Å². The monoisotopic (exact) mass is 437 g/mol. The van der Waals surface area contributed by atoms with Crippen LogP contribution < -0.4 is 4.74 Å². The average Bonchev–Trinajstić information content (AvgIpc) is 3.10. The van der Waals surface area contributed by atoms with Gasteiger partial charge in [0.15, 0.2) is 6.61 Å². The zero-order valence-corrected chi connectivity index (χ0v) is 19.3. The number of hydrogen-bond acceptors (Lipinski definition) is 8. The molecule has 1 aliphatic heterocycles. The molecule has 0 N–H and O–H groups in total. The number of aryl methyl sites for hydroxylation is 2. The Balaban J connectivity index is 1.11. The molecule has 0 amide bonds. The third kappa shape index (κ3) is 4.41. The van der Waals surface area contributed by atoms with Gasteiger partial charge in [-0.1, -0.05) is 25.1 Å². The number of likely N-dealkylation sites (tertiary alicyclic amines) is 1. The largest absolute Gasteiger partial charge is 0.485 e. The minimum Gasteiger partial charge on any atom is -0.485 e. The zero-order chi connectivity index (χ0) is 22.3. The van der Waals surface area contributed by atoms with Crippen molar-refractivity contribution in [3.05, 3.63) is 52.8 Å². The summed E-state index contributed by atoms with van der Waals surface area (Å²) in [6.07, 6.45) is 3.42. The summed E-state index contributed by atoms with van der Waals surface area (Å²) in [6.45, 7) is 11.3. The average molecular weight is 438 g/mol. The van der Waals surface area contributed by atoms with Crippen LogP contribution in [-0.4, -0.2) is 38.3 Å². The Morgan fingerprint density at radius 3 is 2.56 bits per heavy atom. The molecule has 1 saturated carbocycles. The second kappa shape index (κ2) is 8.31. The van der Waals surface area contributed by atoms with Crippen LogP contribution in [0, 0.1) is 19.3 Å². The van der Waals surface area contributed by atoms with Crippen molar-refractivity contribution in [2.75, 3.05) is 13.1 Å². The molecule has 3 heterocycles. The van der Waals surface area contributed by atoms with Crippen molar-refractivity contribution in [2.45, 2.75) is 71.9 Å². The molecule has 1 spiro atoms. The lowest BCUT2D eigenvalue weighted by molar-refractivity contribution is 0.144. The van der Waals surface area contributed by atoms with Crippen LogP contribution in [0.1, 0.15) is 79.6 Å². The van der Waals surface area contributed by atoms with E-state index in [0.29, 0.717) is 36.2 Å². The molecule has 8 heteroatoms. The van der Waals surface area contributed by atoms with Gasteiger partial charge in [-0.3, -0.25) is 4.90 Å². The Morgan fingerprint density at radius 2 is 1.88 bits per heavy atom.